The second kappa shape index (κ2) is 9.96. The zero-order valence-corrected chi connectivity index (χ0v) is 20.2. The summed E-state index contributed by atoms with van der Waals surface area (Å²) in [5.74, 6) is 1.23. The highest BCUT2D eigenvalue weighted by molar-refractivity contribution is 5.94. The van der Waals surface area contributed by atoms with Crippen molar-refractivity contribution in [2.45, 2.75) is 43.7 Å². The number of nitrogens with one attached hydrogen (secondary N) is 1. The van der Waals surface area contributed by atoms with Crippen LogP contribution in [0.2, 0.25) is 0 Å². The summed E-state index contributed by atoms with van der Waals surface area (Å²) in [5, 5.41) is 15.7. The van der Waals surface area contributed by atoms with Crippen LogP contribution < -0.4 is 10.1 Å². The number of methoxy groups -OCH3 is 1. The Bertz CT molecular complexity index is 1210. The number of carbonyl (C=O) groups excluding carboxylic acids is 1. The number of amides is 1. The molecule has 0 aliphatic carbocycles. The molecule has 0 spiro atoms. The van der Waals surface area contributed by atoms with Crippen LogP contribution in [0.4, 0.5) is 0 Å². The molecular formula is C26H30N6O4. The van der Waals surface area contributed by atoms with E-state index in [1.807, 2.05) is 10.7 Å². The normalized spacial score (nSPS) is 25.7. The summed E-state index contributed by atoms with van der Waals surface area (Å²) in [6, 6.07) is 15.0. The van der Waals surface area contributed by atoms with Gasteiger partial charge in [-0.1, -0.05) is 18.2 Å². The molecule has 0 radical (unpaired) electrons. The Labute approximate surface area is 209 Å². The van der Waals surface area contributed by atoms with Crippen LogP contribution in [-0.2, 0) is 16.0 Å². The maximum absolute atomic E-state index is 12.8. The standard InChI is InChI=1S/C26H30N6O4/c1-34-20-9-7-18(8-10-20)26(33)27-21-15-35-24-22(16-36-23(21)24)32-25(28-29-30-32)19-6-4-5-17(13-19)14-31-11-2-3-12-31/h4-10,13,21-24H,2-3,11-12,14-16H2,1H3,(H,27,33)/t21-,22+,23-,24+/m1/s1. The summed E-state index contributed by atoms with van der Waals surface area (Å²) < 4.78 is 19.2. The van der Waals surface area contributed by atoms with E-state index in [1.165, 1.54) is 18.4 Å². The lowest BCUT2D eigenvalue weighted by molar-refractivity contribution is 0.0615. The molecule has 3 fully saturated rings. The minimum absolute atomic E-state index is 0.170. The number of hydrogen-bond donors (Lipinski definition) is 1. The van der Waals surface area contributed by atoms with Gasteiger partial charge < -0.3 is 19.5 Å². The molecule has 6 rings (SSSR count). The second-order valence-corrected chi connectivity index (χ2v) is 9.60. The molecule has 1 N–H and O–H groups in total. The summed E-state index contributed by atoms with van der Waals surface area (Å²) in [6.07, 6.45) is 2.02. The number of carbonyl (C=O) groups is 1. The number of benzene rings is 2. The van der Waals surface area contributed by atoms with Crippen molar-refractivity contribution in [3.63, 3.8) is 0 Å². The van der Waals surface area contributed by atoms with E-state index < -0.39 is 0 Å². The first-order chi connectivity index (χ1) is 17.7. The van der Waals surface area contributed by atoms with Crippen molar-refractivity contribution in [1.82, 2.24) is 30.4 Å². The first-order valence-electron chi connectivity index (χ1n) is 12.5. The van der Waals surface area contributed by atoms with Crippen molar-refractivity contribution in [1.29, 1.82) is 0 Å². The van der Waals surface area contributed by atoms with Gasteiger partial charge in [0.2, 0.25) is 0 Å². The van der Waals surface area contributed by atoms with Crippen LogP contribution in [-0.4, -0.2) is 82.7 Å². The summed E-state index contributed by atoms with van der Waals surface area (Å²) in [6.45, 7) is 4.02. The highest BCUT2D eigenvalue weighted by Gasteiger charge is 2.50. The molecule has 188 valence electrons. The Morgan fingerprint density at radius 2 is 1.89 bits per heavy atom. The van der Waals surface area contributed by atoms with Gasteiger partial charge >= 0.3 is 0 Å². The number of rotatable bonds is 7. The monoisotopic (exact) mass is 490 g/mol. The van der Waals surface area contributed by atoms with E-state index in [0.29, 0.717) is 30.4 Å². The van der Waals surface area contributed by atoms with Crippen molar-refractivity contribution in [3.8, 4) is 17.1 Å². The van der Waals surface area contributed by atoms with Crippen LogP contribution in [0.15, 0.2) is 48.5 Å². The van der Waals surface area contributed by atoms with Crippen LogP contribution in [0.3, 0.4) is 0 Å². The minimum atomic E-state index is -0.268. The summed E-state index contributed by atoms with van der Waals surface area (Å²) in [4.78, 5) is 15.3. The minimum Gasteiger partial charge on any atom is -0.497 e. The van der Waals surface area contributed by atoms with Crippen LogP contribution in [0.25, 0.3) is 11.4 Å². The molecule has 0 unspecified atom stereocenters. The third kappa shape index (κ3) is 4.47. The first-order valence-corrected chi connectivity index (χ1v) is 12.5. The van der Waals surface area contributed by atoms with E-state index in [-0.39, 0.29) is 30.2 Å². The lowest BCUT2D eigenvalue weighted by Crippen LogP contribution is -2.44. The van der Waals surface area contributed by atoms with Crippen LogP contribution >= 0.6 is 0 Å². The molecule has 3 aliphatic heterocycles. The number of ether oxygens (including phenoxy) is 3. The Morgan fingerprint density at radius 1 is 1.08 bits per heavy atom. The van der Waals surface area contributed by atoms with E-state index in [9.17, 15) is 4.79 Å². The molecule has 3 saturated heterocycles. The SMILES string of the molecule is COc1ccc(C(=O)N[C@@H]2CO[C@@H]3[C@@H]2OC[C@@H]3n2nnnc2-c2cccc(CN3CCCC3)c2)cc1. The Balaban J connectivity index is 1.15. The number of hydrogen-bond acceptors (Lipinski definition) is 8. The Morgan fingerprint density at radius 3 is 2.69 bits per heavy atom. The first kappa shape index (κ1) is 23.1. The van der Waals surface area contributed by atoms with Crippen molar-refractivity contribution in [3.05, 3.63) is 59.7 Å². The molecule has 10 nitrogen and oxygen atoms in total. The fourth-order valence-electron chi connectivity index (χ4n) is 5.42. The Hall–Kier alpha value is -3.34. The summed E-state index contributed by atoms with van der Waals surface area (Å²) in [5.41, 5.74) is 2.79. The van der Waals surface area contributed by atoms with Gasteiger partial charge in [0.1, 0.15) is 24.0 Å². The van der Waals surface area contributed by atoms with E-state index in [4.69, 9.17) is 14.2 Å². The molecular weight excluding hydrogens is 460 g/mol. The second-order valence-electron chi connectivity index (χ2n) is 9.60. The largest absolute Gasteiger partial charge is 0.497 e. The van der Waals surface area contributed by atoms with Gasteiger partial charge in [-0.05, 0) is 72.3 Å². The lowest BCUT2D eigenvalue weighted by atomic mass is 10.0. The molecule has 4 heterocycles. The van der Waals surface area contributed by atoms with Crippen molar-refractivity contribution < 1.29 is 19.0 Å². The van der Waals surface area contributed by atoms with Crippen molar-refractivity contribution in [2.24, 2.45) is 0 Å². The van der Waals surface area contributed by atoms with Gasteiger partial charge in [-0.2, -0.15) is 0 Å². The zero-order valence-electron chi connectivity index (χ0n) is 20.2. The average Bonchev–Trinajstić information content (AvgIpc) is 3.70. The predicted molar refractivity (Wildman–Crippen MR) is 131 cm³/mol. The smallest absolute Gasteiger partial charge is 0.251 e. The van der Waals surface area contributed by atoms with Gasteiger partial charge in [0, 0.05) is 17.7 Å². The summed E-state index contributed by atoms with van der Waals surface area (Å²) >= 11 is 0. The number of nitrogens with zero attached hydrogens (tertiary/aromatic N) is 5. The molecule has 4 atom stereocenters. The molecule has 36 heavy (non-hydrogen) atoms. The molecule has 1 amide bonds. The summed E-state index contributed by atoms with van der Waals surface area (Å²) in [7, 11) is 1.60. The highest BCUT2D eigenvalue weighted by Crippen LogP contribution is 2.36. The van der Waals surface area contributed by atoms with E-state index >= 15 is 0 Å². The molecule has 10 heteroatoms. The quantitative estimate of drug-likeness (QED) is 0.537. The molecule has 2 aromatic carbocycles. The molecule has 1 aromatic heterocycles. The van der Waals surface area contributed by atoms with Crippen LogP contribution in [0.5, 0.6) is 5.75 Å². The van der Waals surface area contributed by atoms with E-state index in [1.54, 1.807) is 31.4 Å². The fourth-order valence-corrected chi connectivity index (χ4v) is 5.42. The molecule has 3 aliphatic rings. The van der Waals surface area contributed by atoms with Crippen molar-refractivity contribution in [2.75, 3.05) is 33.4 Å². The highest BCUT2D eigenvalue weighted by atomic mass is 16.6. The van der Waals surface area contributed by atoms with Crippen LogP contribution in [0, 0.1) is 0 Å². The van der Waals surface area contributed by atoms with Gasteiger partial charge in [0.15, 0.2) is 5.82 Å². The average molecular weight is 491 g/mol. The third-order valence-electron chi connectivity index (χ3n) is 7.29. The van der Waals surface area contributed by atoms with Gasteiger partial charge in [-0.3, -0.25) is 9.69 Å². The fraction of sp³-hybridized carbons (Fsp3) is 0.462. The van der Waals surface area contributed by atoms with Gasteiger partial charge in [0.25, 0.3) is 5.91 Å². The predicted octanol–water partition coefficient (Wildman–Crippen LogP) is 2.08. The topological polar surface area (TPSA) is 104 Å². The molecule has 0 saturated carbocycles. The van der Waals surface area contributed by atoms with Crippen LogP contribution in [0.1, 0.15) is 34.8 Å². The van der Waals surface area contributed by atoms with Crippen molar-refractivity contribution >= 4 is 5.91 Å². The number of likely N-dealkylation sites (tertiary alicyclic amines) is 1. The number of fused-ring (bicyclic) bond motifs is 1. The van der Waals surface area contributed by atoms with E-state index in [2.05, 4.69) is 43.9 Å². The molecule has 0 bridgehead atoms. The molecule has 3 aromatic rings. The van der Waals surface area contributed by atoms with E-state index in [0.717, 1.165) is 25.2 Å². The van der Waals surface area contributed by atoms with Gasteiger partial charge in [-0.15, -0.1) is 5.10 Å². The Kier molecular flexibility index (Phi) is 6.39. The maximum Gasteiger partial charge on any atom is 0.251 e. The number of tetrazole rings is 1. The van der Waals surface area contributed by atoms with Gasteiger partial charge in [-0.25, -0.2) is 4.68 Å². The lowest BCUT2D eigenvalue weighted by Gasteiger charge is -2.18. The maximum atomic E-state index is 12.8. The third-order valence-corrected chi connectivity index (χ3v) is 7.29. The number of aromatic nitrogens is 4. The zero-order chi connectivity index (χ0) is 24.5. The van der Waals surface area contributed by atoms with Gasteiger partial charge in [0.05, 0.1) is 26.4 Å².